The molecule has 7 heteroatoms. The van der Waals surface area contributed by atoms with Gasteiger partial charge < -0.3 is 9.88 Å². The van der Waals surface area contributed by atoms with Crippen molar-refractivity contribution >= 4 is 23.4 Å². The van der Waals surface area contributed by atoms with Crippen molar-refractivity contribution < 1.29 is 4.79 Å². The Bertz CT molecular complexity index is 840. The fraction of sp³-hybridized carbons (Fsp3) is 0.125. The van der Waals surface area contributed by atoms with Gasteiger partial charge in [0.05, 0.1) is 17.6 Å². The summed E-state index contributed by atoms with van der Waals surface area (Å²) < 4.78 is 2.14. The summed E-state index contributed by atoms with van der Waals surface area (Å²) in [5.41, 5.74) is 2.75. The molecule has 6 nitrogen and oxygen atoms in total. The molecule has 0 radical (unpaired) electrons. The van der Waals surface area contributed by atoms with Crippen LogP contribution < -0.4 is 5.32 Å². The monoisotopic (exact) mass is 323 g/mol. The van der Waals surface area contributed by atoms with Crippen LogP contribution in [0.15, 0.2) is 54.2 Å². The molecule has 3 heterocycles. The number of nitrogens with zero attached hydrogens (tertiary/aromatic N) is 4. The van der Waals surface area contributed by atoms with E-state index in [1.54, 1.807) is 11.8 Å². The molecular weight excluding hydrogens is 310 g/mol. The number of imidazole rings is 1. The van der Waals surface area contributed by atoms with Gasteiger partial charge in [0.15, 0.2) is 5.16 Å². The van der Waals surface area contributed by atoms with E-state index >= 15 is 0 Å². The fourth-order valence-electron chi connectivity index (χ4n) is 2.46. The molecule has 1 aromatic carbocycles. The van der Waals surface area contributed by atoms with E-state index in [1.807, 2.05) is 30.5 Å². The van der Waals surface area contributed by atoms with Crippen LogP contribution in [0.2, 0.25) is 0 Å². The van der Waals surface area contributed by atoms with Gasteiger partial charge >= 0.3 is 0 Å². The standard InChI is InChI=1S/C16H13N5OS/c22-15(13-9-17-5-6-18-13)19-12-4-2-1-3-11(12)14-10-21-7-8-23-16(21)20-14/h1-6,9-10H,7-8H2,(H,19,22). The van der Waals surface area contributed by atoms with Gasteiger partial charge in [-0.1, -0.05) is 30.0 Å². The summed E-state index contributed by atoms with van der Waals surface area (Å²) >= 11 is 1.75. The lowest BCUT2D eigenvalue weighted by Crippen LogP contribution is -2.14. The SMILES string of the molecule is O=C(Nc1ccccc1-c1cn2c(n1)SCC2)c1cnccn1. The minimum absolute atomic E-state index is 0.283. The van der Waals surface area contributed by atoms with Crippen LogP contribution in [0.4, 0.5) is 5.69 Å². The van der Waals surface area contributed by atoms with E-state index in [0.717, 1.165) is 28.7 Å². The van der Waals surface area contributed by atoms with Crippen molar-refractivity contribution in [1.29, 1.82) is 0 Å². The van der Waals surface area contributed by atoms with Gasteiger partial charge in [-0.2, -0.15) is 0 Å². The average molecular weight is 323 g/mol. The number of aryl methyl sites for hydroxylation is 1. The highest BCUT2D eigenvalue weighted by Crippen LogP contribution is 2.32. The highest BCUT2D eigenvalue weighted by Gasteiger charge is 2.18. The van der Waals surface area contributed by atoms with Crippen LogP contribution in [-0.4, -0.2) is 31.2 Å². The third-order valence-corrected chi connectivity index (χ3v) is 4.52. The number of hydrogen-bond acceptors (Lipinski definition) is 5. The van der Waals surface area contributed by atoms with Crippen LogP contribution in [-0.2, 0) is 6.54 Å². The Morgan fingerprint density at radius 2 is 2.17 bits per heavy atom. The highest BCUT2D eigenvalue weighted by molar-refractivity contribution is 7.99. The van der Waals surface area contributed by atoms with Gasteiger partial charge in [0, 0.05) is 36.5 Å². The molecule has 1 N–H and O–H groups in total. The molecule has 0 atom stereocenters. The molecular formula is C16H13N5OS. The van der Waals surface area contributed by atoms with Crippen molar-refractivity contribution in [2.24, 2.45) is 0 Å². The third kappa shape index (κ3) is 2.70. The van der Waals surface area contributed by atoms with Gasteiger partial charge in [0.25, 0.3) is 5.91 Å². The first-order valence-corrected chi connectivity index (χ1v) is 8.16. The Balaban J connectivity index is 1.66. The predicted octanol–water partition coefficient (Wildman–Crippen LogP) is 2.70. The van der Waals surface area contributed by atoms with Crippen molar-refractivity contribution in [2.45, 2.75) is 11.7 Å². The first-order chi connectivity index (χ1) is 11.3. The number of nitrogens with one attached hydrogen (secondary N) is 1. The minimum atomic E-state index is -0.285. The summed E-state index contributed by atoms with van der Waals surface area (Å²) in [5, 5.41) is 3.92. The summed E-state index contributed by atoms with van der Waals surface area (Å²) in [5.74, 6) is 0.778. The number of anilines is 1. The van der Waals surface area contributed by atoms with E-state index in [1.165, 1.54) is 18.6 Å². The fourth-order valence-corrected chi connectivity index (χ4v) is 3.40. The summed E-state index contributed by atoms with van der Waals surface area (Å²) in [4.78, 5) is 24.9. The summed E-state index contributed by atoms with van der Waals surface area (Å²) in [6, 6.07) is 7.63. The number of benzene rings is 1. The number of fused-ring (bicyclic) bond motifs is 1. The van der Waals surface area contributed by atoms with E-state index in [0.29, 0.717) is 5.69 Å². The second kappa shape index (κ2) is 5.85. The van der Waals surface area contributed by atoms with Gasteiger partial charge in [-0.25, -0.2) is 9.97 Å². The number of thioether (sulfide) groups is 1. The molecule has 2 aromatic heterocycles. The molecule has 0 saturated carbocycles. The van der Waals surface area contributed by atoms with Gasteiger partial charge in [-0.15, -0.1) is 0 Å². The van der Waals surface area contributed by atoms with Crippen molar-refractivity contribution in [3.63, 3.8) is 0 Å². The van der Waals surface area contributed by atoms with Gasteiger partial charge in [0.1, 0.15) is 5.69 Å². The van der Waals surface area contributed by atoms with E-state index in [-0.39, 0.29) is 11.6 Å². The Kier molecular flexibility index (Phi) is 3.55. The molecule has 1 amide bonds. The van der Waals surface area contributed by atoms with Crippen LogP contribution in [0.1, 0.15) is 10.5 Å². The van der Waals surface area contributed by atoms with E-state index in [2.05, 4.69) is 24.8 Å². The van der Waals surface area contributed by atoms with Gasteiger partial charge in [0.2, 0.25) is 0 Å². The maximum atomic E-state index is 12.3. The molecule has 0 bridgehead atoms. The van der Waals surface area contributed by atoms with Crippen molar-refractivity contribution in [1.82, 2.24) is 19.5 Å². The Hall–Kier alpha value is -2.67. The van der Waals surface area contributed by atoms with Crippen LogP contribution >= 0.6 is 11.8 Å². The lowest BCUT2D eigenvalue weighted by molar-refractivity contribution is 0.102. The molecule has 4 rings (SSSR count). The summed E-state index contributed by atoms with van der Waals surface area (Å²) in [6.07, 6.45) is 6.51. The second-order valence-electron chi connectivity index (χ2n) is 5.04. The van der Waals surface area contributed by atoms with Crippen molar-refractivity contribution in [2.75, 3.05) is 11.1 Å². The molecule has 0 aliphatic carbocycles. The topological polar surface area (TPSA) is 72.7 Å². The molecule has 3 aromatic rings. The normalized spacial score (nSPS) is 12.9. The lowest BCUT2D eigenvalue weighted by Gasteiger charge is -2.09. The van der Waals surface area contributed by atoms with Gasteiger partial charge in [-0.3, -0.25) is 9.78 Å². The summed E-state index contributed by atoms with van der Waals surface area (Å²) in [7, 11) is 0. The number of para-hydroxylation sites is 1. The first-order valence-electron chi connectivity index (χ1n) is 7.18. The van der Waals surface area contributed by atoms with E-state index in [4.69, 9.17) is 0 Å². The number of aromatic nitrogens is 4. The molecule has 1 aliphatic rings. The highest BCUT2D eigenvalue weighted by atomic mass is 32.2. The molecule has 23 heavy (non-hydrogen) atoms. The predicted molar refractivity (Wildman–Crippen MR) is 88.4 cm³/mol. The minimum Gasteiger partial charge on any atom is -0.325 e. The summed E-state index contributed by atoms with van der Waals surface area (Å²) in [6.45, 7) is 0.973. The Morgan fingerprint density at radius 3 is 3.00 bits per heavy atom. The second-order valence-corrected chi connectivity index (χ2v) is 6.10. The molecule has 0 saturated heterocycles. The molecule has 0 unspecified atom stereocenters. The number of carbonyl (C=O) groups is 1. The zero-order valence-electron chi connectivity index (χ0n) is 12.1. The maximum Gasteiger partial charge on any atom is 0.275 e. The van der Waals surface area contributed by atoms with E-state index in [9.17, 15) is 4.79 Å². The smallest absolute Gasteiger partial charge is 0.275 e. The maximum absolute atomic E-state index is 12.3. The number of hydrogen-bond donors (Lipinski definition) is 1. The molecule has 0 spiro atoms. The zero-order chi connectivity index (χ0) is 15.6. The van der Waals surface area contributed by atoms with Crippen molar-refractivity contribution in [3.05, 3.63) is 54.7 Å². The average Bonchev–Trinajstić information content (AvgIpc) is 3.18. The Labute approximate surface area is 137 Å². The third-order valence-electron chi connectivity index (χ3n) is 3.55. The Morgan fingerprint density at radius 1 is 1.26 bits per heavy atom. The van der Waals surface area contributed by atoms with Crippen LogP contribution in [0, 0.1) is 0 Å². The number of rotatable bonds is 3. The van der Waals surface area contributed by atoms with Crippen LogP contribution in [0.5, 0.6) is 0 Å². The quantitative estimate of drug-likeness (QED) is 0.802. The molecule has 1 aliphatic heterocycles. The number of carbonyl (C=O) groups excluding carboxylic acids is 1. The number of amides is 1. The van der Waals surface area contributed by atoms with E-state index < -0.39 is 0 Å². The lowest BCUT2D eigenvalue weighted by atomic mass is 10.1. The largest absolute Gasteiger partial charge is 0.325 e. The molecule has 114 valence electrons. The van der Waals surface area contributed by atoms with Crippen molar-refractivity contribution in [3.8, 4) is 11.3 Å². The molecule has 0 fully saturated rings. The van der Waals surface area contributed by atoms with Crippen LogP contribution in [0.25, 0.3) is 11.3 Å². The van der Waals surface area contributed by atoms with Gasteiger partial charge in [-0.05, 0) is 6.07 Å². The zero-order valence-corrected chi connectivity index (χ0v) is 13.0. The van der Waals surface area contributed by atoms with Crippen LogP contribution in [0.3, 0.4) is 0 Å². The first kappa shape index (κ1) is 14.0.